The van der Waals surface area contributed by atoms with E-state index in [9.17, 15) is 9.59 Å². The van der Waals surface area contributed by atoms with E-state index >= 15 is 0 Å². The lowest BCUT2D eigenvalue weighted by molar-refractivity contribution is -0.122. The van der Waals surface area contributed by atoms with Crippen molar-refractivity contribution in [3.8, 4) is 5.75 Å². The Balaban J connectivity index is 1.69. The lowest BCUT2D eigenvalue weighted by atomic mass is 10.1. The third-order valence-electron chi connectivity index (χ3n) is 3.81. The molecular weight excluding hydrogens is 296 g/mol. The predicted molar refractivity (Wildman–Crippen MR) is 86.1 cm³/mol. The van der Waals surface area contributed by atoms with Crippen LogP contribution in [0.2, 0.25) is 0 Å². The fraction of sp³-hybridized carbons (Fsp3) is 0.529. The summed E-state index contributed by atoms with van der Waals surface area (Å²) >= 11 is 0. The van der Waals surface area contributed by atoms with Crippen LogP contribution in [0.15, 0.2) is 24.3 Å². The van der Waals surface area contributed by atoms with E-state index in [-0.39, 0.29) is 24.5 Å². The fourth-order valence-electron chi connectivity index (χ4n) is 2.49. The number of nitrogens with one attached hydrogen (secondary N) is 2. The van der Waals surface area contributed by atoms with Crippen LogP contribution >= 0.6 is 0 Å². The van der Waals surface area contributed by atoms with Crippen LogP contribution in [0.1, 0.15) is 31.2 Å². The average Bonchev–Trinajstić information content (AvgIpc) is 3.33. The van der Waals surface area contributed by atoms with Crippen molar-refractivity contribution in [2.75, 3.05) is 27.0 Å². The Morgan fingerprint density at radius 1 is 1.17 bits per heavy atom. The zero-order valence-corrected chi connectivity index (χ0v) is 13.6. The van der Waals surface area contributed by atoms with Crippen molar-refractivity contribution in [1.29, 1.82) is 0 Å². The summed E-state index contributed by atoms with van der Waals surface area (Å²) in [5.74, 6) is 1.16. The van der Waals surface area contributed by atoms with Gasteiger partial charge in [0.2, 0.25) is 11.8 Å². The van der Waals surface area contributed by atoms with Crippen molar-refractivity contribution < 1.29 is 19.1 Å². The molecule has 0 spiro atoms. The summed E-state index contributed by atoms with van der Waals surface area (Å²) < 4.78 is 10.2. The maximum atomic E-state index is 12.1. The van der Waals surface area contributed by atoms with E-state index < -0.39 is 0 Å². The molecule has 2 N–H and O–H groups in total. The second-order valence-corrected chi connectivity index (χ2v) is 5.70. The van der Waals surface area contributed by atoms with Gasteiger partial charge in [-0.05, 0) is 36.5 Å². The number of carbonyl (C=O) groups excluding carboxylic acids is 2. The van der Waals surface area contributed by atoms with E-state index in [1.165, 1.54) is 6.92 Å². The van der Waals surface area contributed by atoms with Gasteiger partial charge in [0.25, 0.3) is 0 Å². The maximum Gasteiger partial charge on any atom is 0.223 e. The van der Waals surface area contributed by atoms with Gasteiger partial charge in [0, 0.05) is 33.0 Å². The quantitative estimate of drug-likeness (QED) is 0.533. The second-order valence-electron chi connectivity index (χ2n) is 5.70. The summed E-state index contributed by atoms with van der Waals surface area (Å²) in [6.45, 7) is 2.89. The van der Waals surface area contributed by atoms with Gasteiger partial charge in [-0.15, -0.1) is 0 Å². The standard InChI is InChI=1S/C17H24N2O4/c1-12(20)18-8-3-9-19-17(21)16-10-15(16)13-4-6-14(7-5-13)23-11-22-2/h4-7,15-16H,3,8-11H2,1-2H3,(H,18,20)(H,19,21). The Labute approximate surface area is 136 Å². The highest BCUT2D eigenvalue weighted by Gasteiger charge is 2.43. The van der Waals surface area contributed by atoms with Crippen LogP contribution in [-0.2, 0) is 14.3 Å². The molecule has 2 atom stereocenters. The molecule has 1 aliphatic rings. The molecule has 1 aliphatic carbocycles. The molecule has 1 aromatic carbocycles. The molecule has 1 fully saturated rings. The molecule has 23 heavy (non-hydrogen) atoms. The Hall–Kier alpha value is -2.08. The first-order valence-corrected chi connectivity index (χ1v) is 7.85. The predicted octanol–water partition coefficient (Wildman–Crippen LogP) is 1.42. The number of carbonyl (C=O) groups is 2. The van der Waals surface area contributed by atoms with Crippen molar-refractivity contribution in [3.63, 3.8) is 0 Å². The number of rotatable bonds is 9. The first kappa shape index (κ1) is 17.3. The molecular formula is C17H24N2O4. The molecule has 1 aromatic rings. The van der Waals surface area contributed by atoms with E-state index in [1.807, 2.05) is 24.3 Å². The Morgan fingerprint density at radius 2 is 1.87 bits per heavy atom. The van der Waals surface area contributed by atoms with E-state index in [0.29, 0.717) is 19.0 Å². The minimum Gasteiger partial charge on any atom is -0.468 e. The van der Waals surface area contributed by atoms with Crippen molar-refractivity contribution in [1.82, 2.24) is 10.6 Å². The van der Waals surface area contributed by atoms with Crippen molar-refractivity contribution in [2.24, 2.45) is 5.92 Å². The number of ether oxygens (including phenoxy) is 2. The zero-order chi connectivity index (χ0) is 16.7. The van der Waals surface area contributed by atoms with Crippen LogP contribution in [0, 0.1) is 5.92 Å². The lowest BCUT2D eigenvalue weighted by Gasteiger charge is -2.07. The summed E-state index contributed by atoms with van der Waals surface area (Å²) in [6, 6.07) is 7.80. The van der Waals surface area contributed by atoms with Gasteiger partial charge in [0.1, 0.15) is 5.75 Å². The Bertz CT molecular complexity index is 530. The van der Waals surface area contributed by atoms with E-state index in [0.717, 1.165) is 24.2 Å². The highest BCUT2D eigenvalue weighted by Crippen LogP contribution is 2.47. The van der Waals surface area contributed by atoms with E-state index in [1.54, 1.807) is 7.11 Å². The first-order chi connectivity index (χ1) is 11.1. The molecule has 0 heterocycles. The lowest BCUT2D eigenvalue weighted by Crippen LogP contribution is -2.29. The molecule has 2 unspecified atom stereocenters. The van der Waals surface area contributed by atoms with E-state index in [2.05, 4.69) is 10.6 Å². The number of hydrogen-bond donors (Lipinski definition) is 2. The molecule has 0 radical (unpaired) electrons. The van der Waals surface area contributed by atoms with Gasteiger partial charge in [-0.25, -0.2) is 0 Å². The molecule has 6 nitrogen and oxygen atoms in total. The van der Waals surface area contributed by atoms with Crippen molar-refractivity contribution in [2.45, 2.75) is 25.7 Å². The zero-order valence-electron chi connectivity index (χ0n) is 13.6. The minimum atomic E-state index is -0.0449. The largest absolute Gasteiger partial charge is 0.468 e. The van der Waals surface area contributed by atoms with Gasteiger partial charge < -0.3 is 20.1 Å². The summed E-state index contributed by atoms with van der Waals surface area (Å²) in [5, 5.41) is 5.63. The normalized spacial score (nSPS) is 19.0. The molecule has 126 valence electrons. The van der Waals surface area contributed by atoms with Gasteiger partial charge in [-0.3, -0.25) is 9.59 Å². The average molecular weight is 320 g/mol. The molecule has 0 aromatic heterocycles. The fourth-order valence-corrected chi connectivity index (χ4v) is 2.49. The van der Waals surface area contributed by atoms with Gasteiger partial charge in [0.05, 0.1) is 0 Å². The number of hydrogen-bond acceptors (Lipinski definition) is 4. The monoisotopic (exact) mass is 320 g/mol. The number of benzene rings is 1. The van der Waals surface area contributed by atoms with Crippen LogP contribution in [0.5, 0.6) is 5.75 Å². The van der Waals surface area contributed by atoms with Crippen molar-refractivity contribution in [3.05, 3.63) is 29.8 Å². The van der Waals surface area contributed by atoms with Crippen LogP contribution in [0.25, 0.3) is 0 Å². The molecule has 2 amide bonds. The summed E-state index contributed by atoms with van der Waals surface area (Å²) in [6.07, 6.45) is 1.63. The molecule has 2 rings (SSSR count). The van der Waals surface area contributed by atoms with Crippen LogP contribution in [0.4, 0.5) is 0 Å². The third kappa shape index (κ3) is 5.56. The highest BCUT2D eigenvalue weighted by atomic mass is 16.7. The Kier molecular flexibility index (Phi) is 6.40. The summed E-state index contributed by atoms with van der Waals surface area (Å²) in [7, 11) is 1.58. The smallest absolute Gasteiger partial charge is 0.223 e. The van der Waals surface area contributed by atoms with Gasteiger partial charge in [0.15, 0.2) is 6.79 Å². The topological polar surface area (TPSA) is 76.7 Å². The molecule has 6 heteroatoms. The van der Waals surface area contributed by atoms with Crippen LogP contribution < -0.4 is 15.4 Å². The van der Waals surface area contributed by atoms with Crippen LogP contribution in [0.3, 0.4) is 0 Å². The number of amides is 2. The second kappa shape index (κ2) is 8.53. The number of methoxy groups -OCH3 is 1. The summed E-state index contributed by atoms with van der Waals surface area (Å²) in [5.41, 5.74) is 1.16. The summed E-state index contributed by atoms with van der Waals surface area (Å²) in [4.78, 5) is 22.8. The third-order valence-corrected chi connectivity index (χ3v) is 3.81. The van der Waals surface area contributed by atoms with Gasteiger partial charge in [-0.1, -0.05) is 12.1 Å². The molecule has 0 aliphatic heterocycles. The van der Waals surface area contributed by atoms with Gasteiger partial charge in [-0.2, -0.15) is 0 Å². The van der Waals surface area contributed by atoms with Gasteiger partial charge >= 0.3 is 0 Å². The molecule has 0 bridgehead atoms. The minimum absolute atomic E-state index is 0.0449. The van der Waals surface area contributed by atoms with Crippen LogP contribution in [-0.4, -0.2) is 38.8 Å². The first-order valence-electron chi connectivity index (χ1n) is 7.85. The molecule has 0 saturated heterocycles. The SMILES string of the molecule is COCOc1ccc(C2CC2C(=O)NCCCNC(C)=O)cc1. The maximum absolute atomic E-state index is 12.1. The highest BCUT2D eigenvalue weighted by molar-refractivity contribution is 5.82. The van der Waals surface area contributed by atoms with E-state index in [4.69, 9.17) is 9.47 Å². The molecule has 1 saturated carbocycles. The van der Waals surface area contributed by atoms with Crippen molar-refractivity contribution >= 4 is 11.8 Å². The Morgan fingerprint density at radius 3 is 2.52 bits per heavy atom.